The van der Waals surface area contributed by atoms with E-state index < -0.39 is 5.97 Å². The number of esters is 1. The van der Waals surface area contributed by atoms with Crippen molar-refractivity contribution in [1.82, 2.24) is 0 Å². The minimum absolute atomic E-state index is 0.177. The maximum Gasteiger partial charge on any atom is 0.343 e. The van der Waals surface area contributed by atoms with E-state index >= 15 is 0 Å². The van der Waals surface area contributed by atoms with E-state index in [9.17, 15) is 4.79 Å². The van der Waals surface area contributed by atoms with Crippen LogP contribution in [0.2, 0.25) is 0 Å². The lowest BCUT2D eigenvalue weighted by Crippen LogP contribution is -2.25. The Morgan fingerprint density at radius 3 is 2.63 bits per heavy atom. The Morgan fingerprint density at radius 2 is 2.05 bits per heavy atom. The summed E-state index contributed by atoms with van der Waals surface area (Å²) in [5.74, 6) is -0.407. The van der Waals surface area contributed by atoms with Gasteiger partial charge in [0.1, 0.15) is 0 Å². The summed E-state index contributed by atoms with van der Waals surface area (Å²) in [5, 5.41) is 0. The molecule has 1 unspecified atom stereocenters. The normalized spacial score (nSPS) is 12.8. The van der Waals surface area contributed by atoms with Gasteiger partial charge in [-0.1, -0.05) is 31.7 Å². The van der Waals surface area contributed by atoms with E-state index in [-0.39, 0.29) is 11.7 Å². The van der Waals surface area contributed by atoms with Gasteiger partial charge < -0.3 is 9.47 Å². The van der Waals surface area contributed by atoms with Crippen molar-refractivity contribution in [2.45, 2.75) is 45.8 Å². The molecule has 0 amide bonds. The second-order valence-electron chi connectivity index (χ2n) is 5.03. The van der Waals surface area contributed by atoms with E-state index in [1.165, 1.54) is 0 Å². The first kappa shape index (κ1) is 15.4. The molecule has 0 bridgehead atoms. The van der Waals surface area contributed by atoms with Gasteiger partial charge in [0.25, 0.3) is 0 Å². The quantitative estimate of drug-likeness (QED) is 0.568. The SMILES string of the molecule is C=COC(=O)c1ccccc1C(C)OC(C)(C)CC. The van der Waals surface area contributed by atoms with Gasteiger partial charge in [0.05, 0.1) is 23.5 Å². The molecule has 1 atom stereocenters. The highest BCUT2D eigenvalue weighted by molar-refractivity contribution is 5.91. The molecule has 0 radical (unpaired) electrons. The lowest BCUT2D eigenvalue weighted by atomic mass is 10.0. The Hall–Kier alpha value is -1.61. The molecule has 1 aromatic carbocycles. The highest BCUT2D eigenvalue weighted by Crippen LogP contribution is 2.28. The lowest BCUT2D eigenvalue weighted by Gasteiger charge is -2.29. The summed E-state index contributed by atoms with van der Waals surface area (Å²) in [6, 6.07) is 7.32. The van der Waals surface area contributed by atoms with Crippen molar-refractivity contribution >= 4 is 5.97 Å². The van der Waals surface area contributed by atoms with Gasteiger partial charge in [-0.3, -0.25) is 0 Å². The van der Waals surface area contributed by atoms with Gasteiger partial charge in [-0.05, 0) is 38.8 Å². The van der Waals surface area contributed by atoms with Gasteiger partial charge in [-0.15, -0.1) is 0 Å². The number of rotatable bonds is 6. The average Bonchev–Trinajstić information content (AvgIpc) is 2.38. The molecule has 3 heteroatoms. The summed E-state index contributed by atoms with van der Waals surface area (Å²) in [6.07, 6.45) is 1.86. The summed E-state index contributed by atoms with van der Waals surface area (Å²) in [7, 11) is 0. The number of benzene rings is 1. The molecule has 0 saturated carbocycles. The Morgan fingerprint density at radius 1 is 1.42 bits per heavy atom. The van der Waals surface area contributed by atoms with Gasteiger partial charge in [0, 0.05) is 0 Å². The Kier molecular flexibility index (Phi) is 5.31. The predicted molar refractivity (Wildman–Crippen MR) is 75.9 cm³/mol. The number of carbonyl (C=O) groups is 1. The zero-order valence-electron chi connectivity index (χ0n) is 12.1. The second kappa shape index (κ2) is 6.53. The smallest absolute Gasteiger partial charge is 0.343 e. The van der Waals surface area contributed by atoms with Crippen LogP contribution in [0.3, 0.4) is 0 Å². The van der Waals surface area contributed by atoms with Crippen molar-refractivity contribution in [1.29, 1.82) is 0 Å². The largest absolute Gasteiger partial charge is 0.432 e. The van der Waals surface area contributed by atoms with Crippen LogP contribution in [-0.2, 0) is 9.47 Å². The Labute approximate surface area is 115 Å². The minimum atomic E-state index is -0.407. The van der Waals surface area contributed by atoms with Crippen molar-refractivity contribution < 1.29 is 14.3 Å². The van der Waals surface area contributed by atoms with E-state index in [1.54, 1.807) is 12.1 Å². The lowest BCUT2D eigenvalue weighted by molar-refractivity contribution is -0.0676. The first-order valence-corrected chi connectivity index (χ1v) is 6.50. The zero-order valence-corrected chi connectivity index (χ0v) is 12.1. The van der Waals surface area contributed by atoms with Gasteiger partial charge in [-0.2, -0.15) is 0 Å². The molecule has 0 fully saturated rings. The molecule has 3 nitrogen and oxygen atoms in total. The molecule has 0 spiro atoms. The number of hydrogen-bond acceptors (Lipinski definition) is 3. The molecule has 1 aromatic rings. The zero-order chi connectivity index (χ0) is 14.5. The molecule has 0 saturated heterocycles. The van der Waals surface area contributed by atoms with Crippen LogP contribution in [-0.4, -0.2) is 11.6 Å². The van der Waals surface area contributed by atoms with Crippen LogP contribution in [0.25, 0.3) is 0 Å². The van der Waals surface area contributed by atoms with Crippen molar-refractivity contribution in [2.24, 2.45) is 0 Å². The van der Waals surface area contributed by atoms with E-state index in [1.807, 2.05) is 32.9 Å². The summed E-state index contributed by atoms with van der Waals surface area (Å²) in [6.45, 7) is 11.5. The standard InChI is InChI=1S/C16H22O3/c1-6-16(4,5)19-12(3)13-10-8-9-11-14(13)15(17)18-7-2/h7-12H,2,6H2,1,3-5H3. The first-order valence-electron chi connectivity index (χ1n) is 6.50. The van der Waals surface area contributed by atoms with Crippen molar-refractivity contribution in [3.8, 4) is 0 Å². The van der Waals surface area contributed by atoms with Crippen LogP contribution < -0.4 is 0 Å². The summed E-state index contributed by atoms with van der Waals surface area (Å²) in [5.41, 5.74) is 1.12. The molecule has 104 valence electrons. The fourth-order valence-corrected chi connectivity index (χ4v) is 1.80. The van der Waals surface area contributed by atoms with Gasteiger partial charge >= 0.3 is 5.97 Å². The third-order valence-corrected chi connectivity index (χ3v) is 3.16. The Bertz CT molecular complexity index is 449. The van der Waals surface area contributed by atoms with Crippen molar-refractivity contribution in [3.63, 3.8) is 0 Å². The number of carbonyl (C=O) groups excluding carboxylic acids is 1. The monoisotopic (exact) mass is 262 g/mol. The average molecular weight is 262 g/mol. The maximum atomic E-state index is 11.9. The molecule has 19 heavy (non-hydrogen) atoms. The van der Waals surface area contributed by atoms with E-state index in [0.717, 1.165) is 18.2 Å². The summed E-state index contributed by atoms with van der Waals surface area (Å²) >= 11 is 0. The molecular formula is C16H22O3. The number of hydrogen-bond donors (Lipinski definition) is 0. The van der Waals surface area contributed by atoms with Crippen molar-refractivity contribution in [2.75, 3.05) is 0 Å². The fourth-order valence-electron chi connectivity index (χ4n) is 1.80. The van der Waals surface area contributed by atoms with Gasteiger partial charge in [-0.25, -0.2) is 4.79 Å². The molecule has 0 aliphatic rings. The van der Waals surface area contributed by atoms with Crippen LogP contribution in [0, 0.1) is 0 Å². The molecule has 0 aliphatic heterocycles. The third-order valence-electron chi connectivity index (χ3n) is 3.16. The molecule has 0 aromatic heterocycles. The summed E-state index contributed by atoms with van der Waals surface area (Å²) < 4.78 is 10.9. The highest BCUT2D eigenvalue weighted by atomic mass is 16.5. The first-order chi connectivity index (χ1) is 8.91. The Balaban J connectivity index is 3.00. The molecule has 0 heterocycles. The minimum Gasteiger partial charge on any atom is -0.432 e. The van der Waals surface area contributed by atoms with Crippen molar-refractivity contribution in [3.05, 3.63) is 48.2 Å². The van der Waals surface area contributed by atoms with Gasteiger partial charge in [0.2, 0.25) is 0 Å². The fraction of sp³-hybridized carbons (Fsp3) is 0.438. The predicted octanol–water partition coefficient (Wildman–Crippen LogP) is 4.25. The van der Waals surface area contributed by atoms with Crippen LogP contribution in [0.4, 0.5) is 0 Å². The maximum absolute atomic E-state index is 11.9. The molecule has 0 N–H and O–H groups in total. The van der Waals surface area contributed by atoms with E-state index in [2.05, 4.69) is 13.5 Å². The van der Waals surface area contributed by atoms with Crippen LogP contribution >= 0.6 is 0 Å². The third kappa shape index (κ3) is 4.21. The molecular weight excluding hydrogens is 240 g/mol. The summed E-state index contributed by atoms with van der Waals surface area (Å²) in [4.78, 5) is 11.9. The topological polar surface area (TPSA) is 35.5 Å². The van der Waals surface area contributed by atoms with Crippen LogP contribution in [0.15, 0.2) is 37.1 Å². The van der Waals surface area contributed by atoms with E-state index in [4.69, 9.17) is 9.47 Å². The van der Waals surface area contributed by atoms with Crippen LogP contribution in [0.1, 0.15) is 56.1 Å². The van der Waals surface area contributed by atoms with E-state index in [0.29, 0.717) is 5.56 Å². The molecule has 1 rings (SSSR count). The van der Waals surface area contributed by atoms with Crippen LogP contribution in [0.5, 0.6) is 0 Å². The second-order valence-corrected chi connectivity index (χ2v) is 5.03. The van der Waals surface area contributed by atoms with Gasteiger partial charge in [0.15, 0.2) is 0 Å². The molecule has 0 aliphatic carbocycles. The number of ether oxygens (including phenoxy) is 2. The highest BCUT2D eigenvalue weighted by Gasteiger charge is 2.23.